The summed E-state index contributed by atoms with van der Waals surface area (Å²) in [5.41, 5.74) is 5.18. The summed E-state index contributed by atoms with van der Waals surface area (Å²) in [6.45, 7) is 3.41. The number of fused-ring (bicyclic) bond motifs is 3. The molecule has 0 saturated carbocycles. The average molecular weight is 547 g/mol. The lowest BCUT2D eigenvalue weighted by atomic mass is 9.98. The molecule has 40 heavy (non-hydrogen) atoms. The van der Waals surface area contributed by atoms with E-state index in [0.717, 1.165) is 27.8 Å². The number of carbonyl (C=O) groups excluding carboxylic acids is 2. The third-order valence-corrected chi connectivity index (χ3v) is 7.13. The zero-order valence-corrected chi connectivity index (χ0v) is 22.7. The SMILES string of the molecule is COC(C)C(NC(=O)OCC1c2ccccc2-c2ccccc21)C(=O)N[C@H](C(=O)O)[C@@H](C)OCc1ccccc1. The number of hydrogen-bond donors (Lipinski definition) is 3. The van der Waals surface area contributed by atoms with Crippen molar-refractivity contribution in [2.24, 2.45) is 0 Å². The molecule has 9 heteroatoms. The Labute approximate surface area is 233 Å². The van der Waals surface area contributed by atoms with E-state index < -0.39 is 42.3 Å². The Balaban J connectivity index is 1.39. The molecule has 0 heterocycles. The van der Waals surface area contributed by atoms with Gasteiger partial charge in [-0.05, 0) is 41.7 Å². The van der Waals surface area contributed by atoms with Crippen LogP contribution in [0.25, 0.3) is 11.1 Å². The minimum absolute atomic E-state index is 0.0671. The van der Waals surface area contributed by atoms with E-state index >= 15 is 0 Å². The van der Waals surface area contributed by atoms with Crippen molar-refractivity contribution in [3.63, 3.8) is 0 Å². The fraction of sp³-hybridized carbons (Fsp3) is 0.323. The number of carboxylic acid groups (broad SMARTS) is 1. The van der Waals surface area contributed by atoms with Crippen LogP contribution < -0.4 is 10.6 Å². The molecule has 3 aromatic carbocycles. The lowest BCUT2D eigenvalue weighted by Gasteiger charge is -2.27. The smallest absolute Gasteiger partial charge is 0.407 e. The molecule has 210 valence electrons. The first-order chi connectivity index (χ1) is 19.3. The van der Waals surface area contributed by atoms with Crippen molar-refractivity contribution < 1.29 is 33.7 Å². The molecular formula is C31H34N2O7. The van der Waals surface area contributed by atoms with Crippen LogP contribution in [0.4, 0.5) is 4.79 Å². The first kappa shape index (κ1) is 28.8. The van der Waals surface area contributed by atoms with Crippen molar-refractivity contribution in [2.45, 2.75) is 50.7 Å². The van der Waals surface area contributed by atoms with E-state index in [4.69, 9.17) is 14.2 Å². The van der Waals surface area contributed by atoms with Gasteiger partial charge in [0.05, 0.1) is 18.8 Å². The van der Waals surface area contributed by atoms with E-state index in [-0.39, 0.29) is 19.1 Å². The van der Waals surface area contributed by atoms with Crippen molar-refractivity contribution >= 4 is 18.0 Å². The Morgan fingerprint density at radius 3 is 1.95 bits per heavy atom. The predicted octanol–water partition coefficient (Wildman–Crippen LogP) is 4.10. The predicted molar refractivity (Wildman–Crippen MR) is 149 cm³/mol. The topological polar surface area (TPSA) is 123 Å². The molecule has 2 unspecified atom stereocenters. The van der Waals surface area contributed by atoms with Crippen molar-refractivity contribution in [3.05, 3.63) is 95.6 Å². The number of carboxylic acids is 1. The minimum atomic E-state index is -1.35. The van der Waals surface area contributed by atoms with Crippen molar-refractivity contribution in [1.82, 2.24) is 10.6 Å². The Morgan fingerprint density at radius 2 is 1.38 bits per heavy atom. The zero-order chi connectivity index (χ0) is 28.6. The van der Waals surface area contributed by atoms with Gasteiger partial charge >= 0.3 is 12.1 Å². The normalized spacial score (nSPS) is 15.2. The van der Waals surface area contributed by atoms with Crippen molar-refractivity contribution in [3.8, 4) is 11.1 Å². The maximum absolute atomic E-state index is 13.2. The highest BCUT2D eigenvalue weighted by Gasteiger charge is 2.35. The van der Waals surface area contributed by atoms with Crippen LogP contribution in [0.3, 0.4) is 0 Å². The molecule has 0 bridgehead atoms. The fourth-order valence-electron chi connectivity index (χ4n) is 4.82. The summed E-state index contributed by atoms with van der Waals surface area (Å²) in [6.07, 6.45) is -2.43. The third-order valence-electron chi connectivity index (χ3n) is 7.13. The van der Waals surface area contributed by atoms with Gasteiger partial charge in [-0.2, -0.15) is 0 Å². The lowest BCUT2D eigenvalue weighted by molar-refractivity contribution is -0.147. The van der Waals surface area contributed by atoms with Crippen LogP contribution in [0.2, 0.25) is 0 Å². The van der Waals surface area contributed by atoms with Gasteiger partial charge in [0.25, 0.3) is 0 Å². The van der Waals surface area contributed by atoms with Crippen LogP contribution in [-0.4, -0.2) is 61.1 Å². The zero-order valence-electron chi connectivity index (χ0n) is 22.7. The van der Waals surface area contributed by atoms with E-state index in [1.54, 1.807) is 13.8 Å². The van der Waals surface area contributed by atoms with Crippen LogP contribution in [0, 0.1) is 0 Å². The van der Waals surface area contributed by atoms with Gasteiger partial charge in [0.15, 0.2) is 6.04 Å². The molecule has 0 saturated heterocycles. The van der Waals surface area contributed by atoms with Gasteiger partial charge in [-0.1, -0.05) is 78.9 Å². The number of amides is 2. The number of benzene rings is 3. The van der Waals surface area contributed by atoms with E-state index in [1.165, 1.54) is 7.11 Å². The van der Waals surface area contributed by atoms with Crippen LogP contribution in [0.15, 0.2) is 78.9 Å². The molecule has 2 amide bonds. The highest BCUT2D eigenvalue weighted by Crippen LogP contribution is 2.44. The summed E-state index contributed by atoms with van der Waals surface area (Å²) in [6, 6.07) is 22.7. The summed E-state index contributed by atoms with van der Waals surface area (Å²) < 4.78 is 16.6. The number of ether oxygens (including phenoxy) is 3. The second-order valence-corrected chi connectivity index (χ2v) is 9.71. The fourth-order valence-corrected chi connectivity index (χ4v) is 4.82. The molecule has 3 aromatic rings. The second-order valence-electron chi connectivity index (χ2n) is 9.71. The minimum Gasteiger partial charge on any atom is -0.480 e. The van der Waals surface area contributed by atoms with E-state index in [0.29, 0.717) is 0 Å². The number of carbonyl (C=O) groups is 3. The van der Waals surface area contributed by atoms with E-state index in [2.05, 4.69) is 10.6 Å². The van der Waals surface area contributed by atoms with Crippen LogP contribution in [0.1, 0.15) is 36.5 Å². The van der Waals surface area contributed by atoms with Gasteiger partial charge in [0.1, 0.15) is 12.6 Å². The standard InChI is InChI=1S/C31H34N2O7/c1-19(38-3)27(29(34)32-28(30(35)36)20(2)39-17-21-11-5-4-6-12-21)33-31(37)40-18-26-24-15-9-7-13-22(24)23-14-8-10-16-25(23)26/h4-16,19-20,26-28H,17-18H2,1-3H3,(H,32,34)(H,33,37)(H,35,36)/t19?,20-,27?,28+/m1/s1. The summed E-state index contributed by atoms with van der Waals surface area (Å²) >= 11 is 0. The van der Waals surface area contributed by atoms with Crippen LogP contribution in [0.5, 0.6) is 0 Å². The van der Waals surface area contributed by atoms with Crippen LogP contribution in [-0.2, 0) is 30.4 Å². The molecule has 0 aromatic heterocycles. The maximum Gasteiger partial charge on any atom is 0.407 e. The number of aliphatic carboxylic acids is 1. The van der Waals surface area contributed by atoms with E-state index in [1.807, 2.05) is 78.9 Å². The Kier molecular flexibility index (Phi) is 9.52. The number of hydrogen-bond acceptors (Lipinski definition) is 6. The Bertz CT molecular complexity index is 1280. The maximum atomic E-state index is 13.2. The summed E-state index contributed by atoms with van der Waals surface area (Å²) in [4.78, 5) is 38.0. The molecule has 3 N–H and O–H groups in total. The van der Waals surface area contributed by atoms with Gasteiger partial charge in [-0.3, -0.25) is 4.79 Å². The van der Waals surface area contributed by atoms with Crippen LogP contribution >= 0.6 is 0 Å². The molecule has 4 atom stereocenters. The first-order valence-corrected chi connectivity index (χ1v) is 13.1. The summed E-state index contributed by atoms with van der Waals surface area (Å²) in [5.74, 6) is -2.14. The van der Waals surface area contributed by atoms with Gasteiger partial charge in [-0.15, -0.1) is 0 Å². The van der Waals surface area contributed by atoms with Gasteiger partial charge in [0, 0.05) is 13.0 Å². The molecule has 0 fully saturated rings. The second kappa shape index (κ2) is 13.2. The van der Waals surface area contributed by atoms with Crippen molar-refractivity contribution in [2.75, 3.05) is 13.7 Å². The number of nitrogens with one attached hydrogen (secondary N) is 2. The number of methoxy groups -OCH3 is 1. The molecule has 1 aliphatic carbocycles. The highest BCUT2D eigenvalue weighted by molar-refractivity contribution is 5.90. The highest BCUT2D eigenvalue weighted by atomic mass is 16.5. The molecule has 0 radical (unpaired) electrons. The Morgan fingerprint density at radius 1 is 0.800 bits per heavy atom. The monoisotopic (exact) mass is 546 g/mol. The number of rotatable bonds is 12. The molecule has 0 spiro atoms. The molecular weight excluding hydrogens is 512 g/mol. The summed E-state index contributed by atoms with van der Waals surface area (Å²) in [5, 5.41) is 14.8. The largest absolute Gasteiger partial charge is 0.480 e. The van der Waals surface area contributed by atoms with Crippen molar-refractivity contribution in [1.29, 1.82) is 0 Å². The van der Waals surface area contributed by atoms with E-state index in [9.17, 15) is 19.5 Å². The molecule has 0 aliphatic heterocycles. The lowest BCUT2D eigenvalue weighted by Crippen LogP contribution is -2.58. The molecule has 1 aliphatic rings. The van der Waals surface area contributed by atoms with Gasteiger partial charge < -0.3 is 30.0 Å². The van der Waals surface area contributed by atoms with Gasteiger partial charge in [0.2, 0.25) is 5.91 Å². The molecule has 9 nitrogen and oxygen atoms in total. The van der Waals surface area contributed by atoms with Gasteiger partial charge in [-0.25, -0.2) is 9.59 Å². The number of alkyl carbamates (subject to hydrolysis) is 1. The average Bonchev–Trinajstić information content (AvgIpc) is 3.29. The molecule has 4 rings (SSSR count). The Hall–Kier alpha value is -4.21. The summed E-state index contributed by atoms with van der Waals surface area (Å²) in [7, 11) is 1.39. The quantitative estimate of drug-likeness (QED) is 0.313. The first-order valence-electron chi connectivity index (χ1n) is 13.1. The third kappa shape index (κ3) is 6.67.